The zero-order valence-corrected chi connectivity index (χ0v) is 17.0. The molecular weight excluding hydrogens is 362 g/mol. The molecule has 1 saturated carbocycles. The monoisotopic (exact) mass is 393 g/mol. The van der Waals surface area contributed by atoms with Crippen LogP contribution in [0.25, 0.3) is 0 Å². The number of para-hydroxylation sites is 1. The van der Waals surface area contributed by atoms with Crippen LogP contribution in [-0.4, -0.2) is 29.8 Å². The average Bonchev–Trinajstić information content (AvgIpc) is 2.78. The minimum Gasteiger partial charge on any atom is -0.338 e. The highest BCUT2D eigenvalue weighted by Crippen LogP contribution is 2.27. The number of benzene rings is 2. The third-order valence-electron chi connectivity index (χ3n) is 5.56. The predicted octanol–water partition coefficient (Wildman–Crippen LogP) is 4.20. The smallest absolute Gasteiger partial charge is 0.255 e. The summed E-state index contributed by atoms with van der Waals surface area (Å²) in [6, 6.07) is 16.9. The van der Waals surface area contributed by atoms with Crippen molar-refractivity contribution in [1.29, 1.82) is 0 Å². The summed E-state index contributed by atoms with van der Waals surface area (Å²) in [6.45, 7) is 1.69. The summed E-state index contributed by atoms with van der Waals surface area (Å²) >= 11 is 0. The lowest BCUT2D eigenvalue weighted by molar-refractivity contribution is -0.137. The van der Waals surface area contributed by atoms with Gasteiger partial charge in [-0.3, -0.25) is 9.59 Å². The maximum atomic E-state index is 13.2. The van der Waals surface area contributed by atoms with E-state index in [-0.39, 0.29) is 17.7 Å². The van der Waals surface area contributed by atoms with Crippen LogP contribution in [0.15, 0.2) is 54.6 Å². The van der Waals surface area contributed by atoms with Gasteiger partial charge in [0.1, 0.15) is 0 Å². The van der Waals surface area contributed by atoms with E-state index in [0.29, 0.717) is 25.2 Å². The molecule has 0 radical (unpaired) electrons. The van der Waals surface area contributed by atoms with Crippen molar-refractivity contribution in [3.63, 3.8) is 0 Å². The maximum absolute atomic E-state index is 13.2. The lowest BCUT2D eigenvalue weighted by atomic mass is 9.88. The molecular formula is C24H31N3O2. The van der Waals surface area contributed by atoms with Gasteiger partial charge >= 0.3 is 0 Å². The van der Waals surface area contributed by atoms with Crippen LogP contribution >= 0.6 is 0 Å². The van der Waals surface area contributed by atoms with E-state index in [9.17, 15) is 9.59 Å². The van der Waals surface area contributed by atoms with Crippen LogP contribution in [0.2, 0.25) is 0 Å². The lowest BCUT2D eigenvalue weighted by Gasteiger charge is -2.30. The van der Waals surface area contributed by atoms with E-state index in [1.54, 1.807) is 12.1 Å². The molecule has 0 bridgehead atoms. The van der Waals surface area contributed by atoms with Crippen molar-refractivity contribution in [3.8, 4) is 0 Å². The third kappa shape index (κ3) is 5.91. The standard InChI is InChI=1S/C24H31N3O2/c25-16-9-17-27(24(29)20-12-5-2-6-13-20)18-21-14-7-8-15-22(21)26-23(28)19-10-3-1-4-11-19/h1,3-4,7-8,10-11,14-15,20H,2,5-6,9,12-13,16-18,25H2,(H,26,28). The van der Waals surface area contributed by atoms with Gasteiger partial charge in [-0.25, -0.2) is 0 Å². The first kappa shape index (κ1) is 21.1. The van der Waals surface area contributed by atoms with Crippen LogP contribution in [-0.2, 0) is 11.3 Å². The molecule has 5 heteroatoms. The summed E-state index contributed by atoms with van der Waals surface area (Å²) < 4.78 is 0. The van der Waals surface area contributed by atoms with E-state index in [1.807, 2.05) is 47.4 Å². The summed E-state index contributed by atoms with van der Waals surface area (Å²) in [5, 5.41) is 3.01. The molecule has 0 aromatic heterocycles. The van der Waals surface area contributed by atoms with Gasteiger partial charge in [-0.15, -0.1) is 0 Å². The van der Waals surface area contributed by atoms with Crippen molar-refractivity contribution in [2.75, 3.05) is 18.4 Å². The molecule has 29 heavy (non-hydrogen) atoms. The van der Waals surface area contributed by atoms with Gasteiger partial charge in [0.25, 0.3) is 5.91 Å². The number of carbonyl (C=O) groups excluding carboxylic acids is 2. The van der Waals surface area contributed by atoms with Crippen LogP contribution in [0, 0.1) is 5.92 Å². The highest BCUT2D eigenvalue weighted by molar-refractivity contribution is 6.04. The zero-order chi connectivity index (χ0) is 20.5. The van der Waals surface area contributed by atoms with Crippen molar-refractivity contribution < 1.29 is 9.59 Å². The van der Waals surface area contributed by atoms with Gasteiger partial charge in [-0.05, 0) is 49.6 Å². The Balaban J connectivity index is 1.75. The molecule has 3 rings (SSSR count). The summed E-state index contributed by atoms with van der Waals surface area (Å²) in [4.78, 5) is 27.7. The summed E-state index contributed by atoms with van der Waals surface area (Å²) in [7, 11) is 0. The predicted molar refractivity (Wildman–Crippen MR) is 117 cm³/mol. The molecule has 1 aliphatic rings. The number of nitrogens with two attached hydrogens (primary N) is 1. The van der Waals surface area contributed by atoms with E-state index in [1.165, 1.54) is 6.42 Å². The van der Waals surface area contributed by atoms with Crippen LogP contribution in [0.3, 0.4) is 0 Å². The number of carbonyl (C=O) groups is 2. The van der Waals surface area contributed by atoms with Crippen molar-refractivity contribution in [2.45, 2.75) is 45.1 Å². The van der Waals surface area contributed by atoms with Crippen LogP contribution in [0.4, 0.5) is 5.69 Å². The molecule has 0 aliphatic heterocycles. The first-order valence-electron chi connectivity index (χ1n) is 10.6. The number of anilines is 1. The molecule has 5 nitrogen and oxygen atoms in total. The first-order chi connectivity index (χ1) is 14.2. The topological polar surface area (TPSA) is 75.4 Å². The fraction of sp³-hybridized carbons (Fsp3) is 0.417. The van der Waals surface area contributed by atoms with E-state index in [4.69, 9.17) is 5.73 Å². The molecule has 1 aliphatic carbocycles. The van der Waals surface area contributed by atoms with Crippen molar-refractivity contribution in [2.24, 2.45) is 11.7 Å². The Morgan fingerprint density at radius 2 is 1.66 bits per heavy atom. The summed E-state index contributed by atoms with van der Waals surface area (Å²) in [5.74, 6) is 0.195. The maximum Gasteiger partial charge on any atom is 0.255 e. The number of nitrogens with one attached hydrogen (secondary N) is 1. The molecule has 1 fully saturated rings. The summed E-state index contributed by atoms with van der Waals surface area (Å²) in [5.41, 5.74) is 8.01. The van der Waals surface area contributed by atoms with E-state index >= 15 is 0 Å². The number of nitrogens with zero attached hydrogens (tertiary/aromatic N) is 1. The molecule has 154 valence electrons. The minimum absolute atomic E-state index is 0.118. The van der Waals surface area contributed by atoms with Gasteiger partial charge in [-0.2, -0.15) is 0 Å². The Kier molecular flexibility index (Phi) is 7.82. The lowest BCUT2D eigenvalue weighted by Crippen LogP contribution is -2.38. The number of amides is 2. The Bertz CT molecular complexity index is 801. The fourth-order valence-corrected chi connectivity index (χ4v) is 3.93. The molecule has 0 spiro atoms. The number of hydrogen-bond donors (Lipinski definition) is 2. The van der Waals surface area contributed by atoms with E-state index in [2.05, 4.69) is 5.32 Å². The van der Waals surface area contributed by atoms with E-state index in [0.717, 1.165) is 43.4 Å². The third-order valence-corrected chi connectivity index (χ3v) is 5.56. The molecule has 0 unspecified atom stereocenters. The van der Waals surface area contributed by atoms with Gasteiger partial charge in [-0.1, -0.05) is 55.7 Å². The van der Waals surface area contributed by atoms with Crippen molar-refractivity contribution in [3.05, 3.63) is 65.7 Å². The fourth-order valence-electron chi connectivity index (χ4n) is 3.93. The molecule has 0 atom stereocenters. The van der Waals surface area contributed by atoms with Crippen LogP contribution < -0.4 is 11.1 Å². The van der Waals surface area contributed by atoms with Crippen LogP contribution in [0.5, 0.6) is 0 Å². The largest absolute Gasteiger partial charge is 0.338 e. The normalized spacial score (nSPS) is 14.4. The highest BCUT2D eigenvalue weighted by Gasteiger charge is 2.26. The molecule has 2 aromatic carbocycles. The Morgan fingerprint density at radius 3 is 2.38 bits per heavy atom. The van der Waals surface area contributed by atoms with Crippen molar-refractivity contribution in [1.82, 2.24) is 4.90 Å². The zero-order valence-electron chi connectivity index (χ0n) is 17.0. The minimum atomic E-state index is -0.148. The SMILES string of the molecule is NCCCN(Cc1ccccc1NC(=O)c1ccccc1)C(=O)C1CCCCC1. The number of rotatable bonds is 8. The average molecular weight is 394 g/mol. The highest BCUT2D eigenvalue weighted by atomic mass is 16.2. The molecule has 0 saturated heterocycles. The van der Waals surface area contributed by atoms with Gasteiger partial charge in [0.15, 0.2) is 0 Å². The second-order valence-corrected chi connectivity index (χ2v) is 7.71. The Morgan fingerprint density at radius 1 is 0.966 bits per heavy atom. The van der Waals surface area contributed by atoms with Gasteiger partial charge in [0, 0.05) is 30.3 Å². The molecule has 0 heterocycles. The quantitative estimate of drug-likeness (QED) is 0.706. The Labute approximate surface area is 173 Å². The second kappa shape index (κ2) is 10.8. The number of hydrogen-bond acceptors (Lipinski definition) is 3. The second-order valence-electron chi connectivity index (χ2n) is 7.71. The first-order valence-corrected chi connectivity index (χ1v) is 10.6. The van der Waals surface area contributed by atoms with Crippen molar-refractivity contribution >= 4 is 17.5 Å². The van der Waals surface area contributed by atoms with Gasteiger partial charge < -0.3 is 16.0 Å². The molecule has 2 aromatic rings. The van der Waals surface area contributed by atoms with E-state index < -0.39 is 0 Å². The van der Waals surface area contributed by atoms with Gasteiger partial charge in [0.2, 0.25) is 5.91 Å². The summed E-state index contributed by atoms with van der Waals surface area (Å²) in [6.07, 6.45) is 6.21. The Hall–Kier alpha value is -2.66. The molecule has 2 amide bonds. The van der Waals surface area contributed by atoms with Gasteiger partial charge in [0.05, 0.1) is 0 Å². The van der Waals surface area contributed by atoms with Crippen LogP contribution in [0.1, 0.15) is 54.4 Å². The molecule has 3 N–H and O–H groups in total.